The quantitative estimate of drug-likeness (QED) is 0.214. The third-order valence-corrected chi connectivity index (χ3v) is 8.04. The number of fused-ring (bicyclic) bond motifs is 3. The van der Waals surface area contributed by atoms with E-state index in [1.807, 2.05) is 18.2 Å². The van der Waals surface area contributed by atoms with Crippen LogP contribution in [0.3, 0.4) is 0 Å². The van der Waals surface area contributed by atoms with E-state index in [0.717, 1.165) is 50.0 Å². The van der Waals surface area contributed by atoms with Crippen molar-refractivity contribution < 1.29 is 0 Å². The lowest BCUT2D eigenvalue weighted by molar-refractivity contribution is 1.15. The van der Waals surface area contributed by atoms with Crippen molar-refractivity contribution in [3.8, 4) is 50.6 Å². The van der Waals surface area contributed by atoms with Crippen LogP contribution in [0.1, 0.15) is 0 Å². The first-order valence-electron chi connectivity index (χ1n) is 14.5. The Morgan fingerprint density at radius 2 is 0.837 bits per heavy atom. The molecule has 6 aromatic carbocycles. The summed E-state index contributed by atoms with van der Waals surface area (Å²) in [6.45, 7) is 0. The maximum atomic E-state index is 5.24. The summed E-state index contributed by atoms with van der Waals surface area (Å²) in [7, 11) is 0. The predicted molar refractivity (Wildman–Crippen MR) is 178 cm³/mol. The van der Waals surface area contributed by atoms with E-state index in [1.165, 1.54) is 16.7 Å². The van der Waals surface area contributed by atoms with Gasteiger partial charge in [-0.25, -0.2) is 9.97 Å². The largest absolute Gasteiger partial charge is 0.306 e. The number of rotatable bonds is 5. The molecule has 8 aromatic rings. The number of benzene rings is 6. The Morgan fingerprint density at radius 1 is 0.372 bits per heavy atom. The first-order valence-corrected chi connectivity index (χ1v) is 14.5. The van der Waals surface area contributed by atoms with E-state index >= 15 is 0 Å². The summed E-state index contributed by atoms with van der Waals surface area (Å²) >= 11 is 0. The molecule has 3 nitrogen and oxygen atoms in total. The van der Waals surface area contributed by atoms with Gasteiger partial charge in [-0.05, 0) is 40.5 Å². The van der Waals surface area contributed by atoms with E-state index in [4.69, 9.17) is 9.97 Å². The molecule has 0 aliphatic rings. The summed E-state index contributed by atoms with van der Waals surface area (Å²) in [5, 5.41) is 1.11. The third-order valence-electron chi connectivity index (χ3n) is 8.04. The van der Waals surface area contributed by atoms with Gasteiger partial charge in [-0.15, -0.1) is 0 Å². The highest BCUT2D eigenvalue weighted by atomic mass is 15.0. The predicted octanol–water partition coefficient (Wildman–Crippen LogP) is 10.2. The Hall–Kier alpha value is -5.80. The Morgan fingerprint density at radius 3 is 1.44 bits per heavy atom. The topological polar surface area (TPSA) is 30.7 Å². The van der Waals surface area contributed by atoms with Crippen LogP contribution in [0, 0.1) is 0 Å². The average Bonchev–Trinajstić information content (AvgIpc) is 3.44. The molecule has 2 heterocycles. The number of para-hydroxylation sites is 2. The second-order valence-corrected chi connectivity index (χ2v) is 10.7. The minimum absolute atomic E-state index is 0.716. The summed E-state index contributed by atoms with van der Waals surface area (Å²) in [6.07, 6.45) is 0. The summed E-state index contributed by atoms with van der Waals surface area (Å²) in [5.74, 6) is 0.716. The van der Waals surface area contributed by atoms with Crippen molar-refractivity contribution in [3.05, 3.63) is 164 Å². The van der Waals surface area contributed by atoms with Gasteiger partial charge in [0.25, 0.3) is 0 Å². The van der Waals surface area contributed by atoms with Crippen LogP contribution in [0.25, 0.3) is 72.5 Å². The van der Waals surface area contributed by atoms with Crippen LogP contribution in [0.5, 0.6) is 0 Å². The van der Waals surface area contributed by atoms with Crippen LogP contribution in [0.15, 0.2) is 164 Å². The molecule has 0 atom stereocenters. The zero-order chi connectivity index (χ0) is 28.6. The fourth-order valence-corrected chi connectivity index (χ4v) is 5.91. The van der Waals surface area contributed by atoms with Crippen molar-refractivity contribution in [2.75, 3.05) is 0 Å². The molecule has 0 spiro atoms. The molecule has 3 heteroatoms. The fourth-order valence-electron chi connectivity index (χ4n) is 5.91. The van der Waals surface area contributed by atoms with Crippen LogP contribution in [0.4, 0.5) is 0 Å². The van der Waals surface area contributed by atoms with Gasteiger partial charge in [-0.2, -0.15) is 0 Å². The van der Waals surface area contributed by atoms with E-state index in [-0.39, 0.29) is 0 Å². The zero-order valence-electron chi connectivity index (χ0n) is 23.4. The second kappa shape index (κ2) is 10.6. The monoisotopic (exact) mass is 549 g/mol. The van der Waals surface area contributed by atoms with Crippen molar-refractivity contribution in [1.82, 2.24) is 14.5 Å². The van der Waals surface area contributed by atoms with Gasteiger partial charge >= 0.3 is 0 Å². The lowest BCUT2D eigenvalue weighted by atomic mass is 9.99. The Kier molecular flexibility index (Phi) is 6.12. The van der Waals surface area contributed by atoms with Crippen molar-refractivity contribution in [3.63, 3.8) is 0 Å². The smallest absolute Gasteiger partial charge is 0.160 e. The highest BCUT2D eigenvalue weighted by Gasteiger charge is 2.20. The molecular formula is C40H27N3. The van der Waals surface area contributed by atoms with Crippen molar-refractivity contribution in [1.29, 1.82) is 0 Å². The highest BCUT2D eigenvalue weighted by molar-refractivity contribution is 6.11. The second-order valence-electron chi connectivity index (χ2n) is 10.7. The molecule has 0 saturated heterocycles. The Balaban J connectivity index is 1.27. The lowest BCUT2D eigenvalue weighted by Gasteiger charge is -2.12. The highest BCUT2D eigenvalue weighted by Crippen LogP contribution is 2.38. The molecule has 0 radical (unpaired) electrons. The Labute approximate surface area is 250 Å². The molecule has 202 valence electrons. The van der Waals surface area contributed by atoms with Gasteiger partial charge in [0.15, 0.2) is 5.82 Å². The molecule has 0 saturated carbocycles. The standard InChI is InChI=1S/C40H27N3/c1-4-12-28(13-5-1)29-20-22-30(23-21-29)31-24-26-33(27-25-31)40-41-37(32-14-6-2-7-15-32)39-38(42-40)35-18-10-11-19-36(35)43(39)34-16-8-3-9-17-34/h1-27H. The Bertz CT molecular complexity index is 2180. The van der Waals surface area contributed by atoms with Gasteiger partial charge in [0.1, 0.15) is 5.52 Å². The lowest BCUT2D eigenvalue weighted by Crippen LogP contribution is -1.99. The molecule has 0 amide bonds. The van der Waals surface area contributed by atoms with Crippen LogP contribution in [-0.4, -0.2) is 14.5 Å². The van der Waals surface area contributed by atoms with Gasteiger partial charge in [0.05, 0.1) is 16.7 Å². The molecule has 0 aliphatic carbocycles. The van der Waals surface area contributed by atoms with Gasteiger partial charge in [0, 0.05) is 22.2 Å². The van der Waals surface area contributed by atoms with Gasteiger partial charge in [-0.3, -0.25) is 0 Å². The summed E-state index contributed by atoms with van der Waals surface area (Å²) < 4.78 is 2.29. The summed E-state index contributed by atoms with van der Waals surface area (Å²) in [5.41, 5.74) is 11.9. The fraction of sp³-hybridized carbons (Fsp3) is 0. The van der Waals surface area contributed by atoms with Crippen molar-refractivity contribution >= 4 is 21.9 Å². The van der Waals surface area contributed by atoms with Crippen LogP contribution < -0.4 is 0 Å². The minimum Gasteiger partial charge on any atom is -0.306 e. The molecule has 0 fully saturated rings. The number of aromatic nitrogens is 3. The van der Waals surface area contributed by atoms with E-state index < -0.39 is 0 Å². The summed E-state index contributed by atoms with van der Waals surface area (Å²) in [4.78, 5) is 10.5. The molecular weight excluding hydrogens is 522 g/mol. The number of hydrogen-bond acceptors (Lipinski definition) is 2. The number of hydrogen-bond donors (Lipinski definition) is 0. The SMILES string of the molecule is c1ccc(-c2ccc(-c3ccc(-c4nc(-c5ccccc5)c5c(n4)c4ccccc4n5-c4ccccc4)cc3)cc2)cc1. The molecule has 0 unspecified atom stereocenters. The summed E-state index contributed by atoms with van der Waals surface area (Å²) in [6, 6.07) is 57.2. The van der Waals surface area contributed by atoms with E-state index in [9.17, 15) is 0 Å². The normalized spacial score (nSPS) is 11.3. The third kappa shape index (κ3) is 4.48. The maximum absolute atomic E-state index is 5.24. The van der Waals surface area contributed by atoms with E-state index in [0.29, 0.717) is 5.82 Å². The van der Waals surface area contributed by atoms with Crippen LogP contribution >= 0.6 is 0 Å². The average molecular weight is 550 g/mol. The molecule has 0 aliphatic heterocycles. The van der Waals surface area contributed by atoms with E-state index in [2.05, 4.69) is 150 Å². The maximum Gasteiger partial charge on any atom is 0.160 e. The van der Waals surface area contributed by atoms with Gasteiger partial charge in [0.2, 0.25) is 0 Å². The molecule has 2 aromatic heterocycles. The van der Waals surface area contributed by atoms with Gasteiger partial charge < -0.3 is 4.57 Å². The van der Waals surface area contributed by atoms with Crippen LogP contribution in [0.2, 0.25) is 0 Å². The molecule has 43 heavy (non-hydrogen) atoms. The minimum atomic E-state index is 0.716. The molecule has 0 N–H and O–H groups in total. The molecule has 0 bridgehead atoms. The van der Waals surface area contributed by atoms with Crippen molar-refractivity contribution in [2.45, 2.75) is 0 Å². The van der Waals surface area contributed by atoms with Crippen molar-refractivity contribution in [2.24, 2.45) is 0 Å². The van der Waals surface area contributed by atoms with Gasteiger partial charge in [-0.1, -0.05) is 146 Å². The first-order chi connectivity index (χ1) is 21.3. The van der Waals surface area contributed by atoms with Crippen LogP contribution in [-0.2, 0) is 0 Å². The zero-order valence-corrected chi connectivity index (χ0v) is 23.4. The van der Waals surface area contributed by atoms with E-state index in [1.54, 1.807) is 0 Å². The molecule has 8 rings (SSSR count). The first kappa shape index (κ1) is 25.0. The number of nitrogens with zero attached hydrogens (tertiary/aromatic N) is 3.